The van der Waals surface area contributed by atoms with E-state index in [2.05, 4.69) is 0 Å². The van der Waals surface area contributed by atoms with Gasteiger partial charge >= 0.3 is 10.2 Å². The second kappa shape index (κ2) is 4.31. The van der Waals surface area contributed by atoms with Gasteiger partial charge in [-0.05, 0) is 24.6 Å². The number of benzene rings is 1. The zero-order chi connectivity index (χ0) is 13.5. The molecule has 0 saturated carbocycles. The predicted octanol–water partition coefficient (Wildman–Crippen LogP) is 1.54. The normalized spacial score (nSPS) is 20.5. The molecule has 0 aliphatic carbocycles. The van der Waals surface area contributed by atoms with Crippen LogP contribution in [0.4, 0.5) is 14.0 Å². The molecule has 1 unspecified atom stereocenters. The Morgan fingerprint density at radius 3 is 2.61 bits per heavy atom. The lowest BCUT2D eigenvalue weighted by Gasteiger charge is -2.17. The molecule has 4 nitrogen and oxygen atoms in total. The summed E-state index contributed by atoms with van der Waals surface area (Å²) in [5, 5.41) is -1.41. The van der Waals surface area contributed by atoms with Gasteiger partial charge in [0.05, 0.1) is 5.69 Å². The number of hydrogen-bond donors (Lipinski definition) is 0. The molecule has 1 aromatic rings. The van der Waals surface area contributed by atoms with E-state index in [9.17, 15) is 21.5 Å². The van der Waals surface area contributed by atoms with Crippen molar-refractivity contribution in [3.05, 3.63) is 29.6 Å². The van der Waals surface area contributed by atoms with Crippen LogP contribution in [0.25, 0.3) is 0 Å². The summed E-state index contributed by atoms with van der Waals surface area (Å²) in [6, 6.07) is 4.15. The van der Waals surface area contributed by atoms with Crippen LogP contribution < -0.4 is 4.90 Å². The highest BCUT2D eigenvalue weighted by atomic mass is 32.3. The average Bonchev–Trinajstić information content (AvgIpc) is 2.64. The monoisotopic (exact) mass is 275 g/mol. The highest BCUT2D eigenvalue weighted by Gasteiger charge is 2.39. The summed E-state index contributed by atoms with van der Waals surface area (Å²) in [6.45, 7) is 1.37. The predicted molar refractivity (Wildman–Crippen MR) is 61.9 cm³/mol. The largest absolute Gasteiger partial charge is 0.308 e. The molecule has 7 heteroatoms. The van der Waals surface area contributed by atoms with Crippen molar-refractivity contribution in [3.63, 3.8) is 0 Å². The molecule has 0 aromatic heterocycles. The van der Waals surface area contributed by atoms with Crippen molar-refractivity contribution < 1.29 is 21.5 Å². The molecule has 18 heavy (non-hydrogen) atoms. The topological polar surface area (TPSA) is 54.5 Å². The van der Waals surface area contributed by atoms with Crippen molar-refractivity contribution in [2.24, 2.45) is 0 Å². The quantitative estimate of drug-likeness (QED) is 0.769. The number of amides is 1. The summed E-state index contributed by atoms with van der Waals surface area (Å²) < 4.78 is 48.0. The van der Waals surface area contributed by atoms with Gasteiger partial charge in [0, 0.05) is 13.0 Å². The van der Waals surface area contributed by atoms with Gasteiger partial charge in [0.15, 0.2) is 0 Å². The second-order valence-electron chi connectivity index (χ2n) is 4.26. The maximum atomic E-state index is 13.6. The number of anilines is 1. The van der Waals surface area contributed by atoms with E-state index >= 15 is 0 Å². The zero-order valence-electron chi connectivity index (χ0n) is 9.56. The standard InChI is InChI=1S/C11H11F2NO3S/c1-7-2-3-9(12)10(4-7)14-6-8(5-11(14)15)18(13,16)17/h2-4,8H,5-6H2,1H3. The molecule has 1 amide bonds. The van der Waals surface area contributed by atoms with E-state index in [-0.39, 0.29) is 12.2 Å². The Bertz CT molecular complexity index is 600. The van der Waals surface area contributed by atoms with Crippen molar-refractivity contribution in [1.29, 1.82) is 0 Å². The Balaban J connectivity index is 2.35. The van der Waals surface area contributed by atoms with Crippen LogP contribution in [-0.2, 0) is 15.0 Å². The van der Waals surface area contributed by atoms with Gasteiger partial charge < -0.3 is 4.90 Å². The van der Waals surface area contributed by atoms with E-state index in [4.69, 9.17) is 0 Å². The lowest BCUT2D eigenvalue weighted by Crippen LogP contribution is -2.27. The molecule has 1 aromatic carbocycles. The van der Waals surface area contributed by atoms with Crippen molar-refractivity contribution >= 4 is 21.8 Å². The molecule has 0 bridgehead atoms. The SMILES string of the molecule is Cc1ccc(F)c(N2CC(S(=O)(=O)F)CC2=O)c1. The number of halogens is 2. The van der Waals surface area contributed by atoms with Crippen LogP contribution in [0.5, 0.6) is 0 Å². The van der Waals surface area contributed by atoms with Crippen molar-refractivity contribution in [1.82, 2.24) is 0 Å². The molecule has 1 fully saturated rings. The van der Waals surface area contributed by atoms with Gasteiger partial charge in [0.1, 0.15) is 11.1 Å². The first-order valence-electron chi connectivity index (χ1n) is 5.29. The summed E-state index contributed by atoms with van der Waals surface area (Å²) in [6.07, 6.45) is -0.452. The third kappa shape index (κ3) is 2.35. The average molecular weight is 275 g/mol. The van der Waals surface area contributed by atoms with Crippen LogP contribution in [-0.4, -0.2) is 26.1 Å². The lowest BCUT2D eigenvalue weighted by atomic mass is 10.2. The molecule has 0 N–H and O–H groups in total. The van der Waals surface area contributed by atoms with Gasteiger partial charge in [0.25, 0.3) is 0 Å². The minimum absolute atomic E-state index is 0.00819. The van der Waals surface area contributed by atoms with Crippen LogP contribution in [0.15, 0.2) is 18.2 Å². The fourth-order valence-corrected chi connectivity index (χ4v) is 2.59. The molecular formula is C11H11F2NO3S. The van der Waals surface area contributed by atoms with Crippen molar-refractivity contribution in [2.45, 2.75) is 18.6 Å². The third-order valence-electron chi connectivity index (χ3n) is 2.88. The Hall–Kier alpha value is -1.50. The minimum Gasteiger partial charge on any atom is -0.308 e. The second-order valence-corrected chi connectivity index (χ2v) is 5.88. The van der Waals surface area contributed by atoms with Crippen molar-refractivity contribution in [3.8, 4) is 0 Å². The summed E-state index contributed by atoms with van der Waals surface area (Å²) >= 11 is 0. The van der Waals surface area contributed by atoms with E-state index in [0.717, 1.165) is 10.5 Å². The third-order valence-corrected chi connectivity index (χ3v) is 3.99. The molecule has 1 aliphatic rings. The van der Waals surface area contributed by atoms with Gasteiger partial charge in [-0.25, -0.2) is 4.39 Å². The van der Waals surface area contributed by atoms with Gasteiger partial charge in [-0.1, -0.05) is 6.07 Å². The van der Waals surface area contributed by atoms with Gasteiger partial charge in [-0.2, -0.15) is 8.42 Å². The number of carbonyl (C=O) groups is 1. The fraction of sp³-hybridized carbons (Fsp3) is 0.364. The zero-order valence-corrected chi connectivity index (χ0v) is 10.4. The van der Waals surface area contributed by atoms with E-state index < -0.39 is 33.6 Å². The van der Waals surface area contributed by atoms with Gasteiger partial charge in [-0.3, -0.25) is 4.79 Å². The van der Waals surface area contributed by atoms with Gasteiger partial charge in [0.2, 0.25) is 5.91 Å². The van der Waals surface area contributed by atoms with E-state index in [1.54, 1.807) is 6.92 Å². The number of carbonyl (C=O) groups excluding carboxylic acids is 1. The summed E-state index contributed by atoms with van der Waals surface area (Å²) in [7, 11) is -4.78. The number of rotatable bonds is 2. The first kappa shape index (κ1) is 12.9. The first-order chi connectivity index (χ1) is 8.29. The maximum absolute atomic E-state index is 13.6. The molecule has 98 valence electrons. The maximum Gasteiger partial charge on any atom is 0.307 e. The Labute approximate surface area is 103 Å². The van der Waals surface area contributed by atoms with E-state index in [1.807, 2.05) is 0 Å². The van der Waals surface area contributed by atoms with Crippen LogP contribution in [0.2, 0.25) is 0 Å². The van der Waals surface area contributed by atoms with Crippen molar-refractivity contribution in [2.75, 3.05) is 11.4 Å². The van der Waals surface area contributed by atoms with Crippen LogP contribution in [0.3, 0.4) is 0 Å². The molecule has 2 rings (SSSR count). The number of aryl methyl sites for hydroxylation is 1. The molecule has 0 radical (unpaired) electrons. The Kier molecular flexibility index (Phi) is 3.10. The highest BCUT2D eigenvalue weighted by molar-refractivity contribution is 7.87. The molecular weight excluding hydrogens is 264 g/mol. The summed E-state index contributed by atoms with van der Waals surface area (Å²) in [5.41, 5.74) is 0.719. The van der Waals surface area contributed by atoms with Crippen LogP contribution in [0.1, 0.15) is 12.0 Å². The molecule has 0 spiro atoms. The minimum atomic E-state index is -4.78. The van der Waals surface area contributed by atoms with Crippen LogP contribution >= 0.6 is 0 Å². The number of hydrogen-bond acceptors (Lipinski definition) is 3. The Morgan fingerprint density at radius 1 is 1.39 bits per heavy atom. The fourth-order valence-electron chi connectivity index (χ4n) is 1.93. The summed E-state index contributed by atoms with van der Waals surface area (Å²) in [4.78, 5) is 12.6. The molecule has 1 aliphatic heterocycles. The van der Waals surface area contributed by atoms with E-state index in [0.29, 0.717) is 0 Å². The Morgan fingerprint density at radius 2 is 2.06 bits per heavy atom. The summed E-state index contributed by atoms with van der Waals surface area (Å²) in [5.74, 6) is -1.23. The van der Waals surface area contributed by atoms with Gasteiger partial charge in [-0.15, -0.1) is 3.89 Å². The smallest absolute Gasteiger partial charge is 0.307 e. The molecule has 1 saturated heterocycles. The van der Waals surface area contributed by atoms with E-state index in [1.165, 1.54) is 18.2 Å². The molecule has 1 atom stereocenters. The highest BCUT2D eigenvalue weighted by Crippen LogP contribution is 2.28. The lowest BCUT2D eigenvalue weighted by molar-refractivity contribution is -0.117. The first-order valence-corrected chi connectivity index (χ1v) is 6.73. The molecule has 1 heterocycles. The van der Waals surface area contributed by atoms with Crippen LogP contribution in [0, 0.1) is 12.7 Å². The number of nitrogens with zero attached hydrogens (tertiary/aromatic N) is 1.